The standard InChI is InChI=1S/C30H28N6O3/c1-20(37)30(23-11-7-4-8-12-23)13-17-36(18-14-30)29(39)25-19-24-27(32-16-15-31-21(2)38)34-26(35-28(24)33-25)22-9-5-3-6-10-22/h3-14,17-19H,15-16H2,1-2H3,(H,31,38)(H2,32,33,34,35). The molecule has 3 heterocycles. The van der Waals surface area contributed by atoms with Crippen LogP contribution in [-0.2, 0) is 15.0 Å². The summed E-state index contributed by atoms with van der Waals surface area (Å²) in [7, 11) is 0. The summed E-state index contributed by atoms with van der Waals surface area (Å²) in [5.74, 6) is 0.573. The first-order valence-corrected chi connectivity index (χ1v) is 12.6. The van der Waals surface area contributed by atoms with Gasteiger partial charge in [0.1, 0.15) is 22.9 Å². The van der Waals surface area contributed by atoms with Gasteiger partial charge in [-0.2, -0.15) is 0 Å². The molecular formula is C30H28N6O3. The Hall–Kier alpha value is -5.05. The molecule has 196 valence electrons. The first-order chi connectivity index (χ1) is 18.9. The number of amides is 2. The van der Waals surface area contributed by atoms with Crippen LogP contribution < -0.4 is 10.6 Å². The number of fused-ring (bicyclic) bond motifs is 1. The number of H-pyrrole nitrogens is 1. The van der Waals surface area contributed by atoms with Crippen molar-refractivity contribution in [1.82, 2.24) is 25.2 Å². The molecule has 2 amide bonds. The van der Waals surface area contributed by atoms with E-state index in [4.69, 9.17) is 4.98 Å². The molecule has 3 N–H and O–H groups in total. The Morgan fingerprint density at radius 1 is 0.897 bits per heavy atom. The second-order valence-corrected chi connectivity index (χ2v) is 9.25. The average molecular weight is 521 g/mol. The fourth-order valence-corrected chi connectivity index (χ4v) is 4.51. The van der Waals surface area contributed by atoms with Crippen LogP contribution in [0, 0.1) is 0 Å². The lowest BCUT2D eigenvalue weighted by Crippen LogP contribution is -2.35. The largest absolute Gasteiger partial charge is 0.368 e. The molecule has 5 rings (SSSR count). The van der Waals surface area contributed by atoms with Gasteiger partial charge >= 0.3 is 0 Å². The molecule has 9 heteroatoms. The van der Waals surface area contributed by atoms with Crippen molar-refractivity contribution in [1.29, 1.82) is 0 Å². The van der Waals surface area contributed by atoms with Crippen LogP contribution in [0.3, 0.4) is 0 Å². The summed E-state index contributed by atoms with van der Waals surface area (Å²) in [6, 6.07) is 20.7. The second kappa shape index (κ2) is 10.7. The first-order valence-electron chi connectivity index (χ1n) is 12.6. The third-order valence-corrected chi connectivity index (χ3v) is 6.61. The van der Waals surface area contributed by atoms with Crippen LogP contribution in [0.15, 0.2) is 91.3 Å². The minimum atomic E-state index is -0.931. The van der Waals surface area contributed by atoms with E-state index in [0.29, 0.717) is 41.5 Å². The van der Waals surface area contributed by atoms with Crippen LogP contribution >= 0.6 is 0 Å². The highest BCUT2D eigenvalue weighted by Gasteiger charge is 2.35. The van der Waals surface area contributed by atoms with Gasteiger partial charge in [0.2, 0.25) is 5.91 Å². The van der Waals surface area contributed by atoms with Gasteiger partial charge in [-0.25, -0.2) is 9.97 Å². The van der Waals surface area contributed by atoms with Gasteiger partial charge in [-0.05, 0) is 30.7 Å². The molecule has 0 spiro atoms. The van der Waals surface area contributed by atoms with Crippen LogP contribution in [0.5, 0.6) is 0 Å². The summed E-state index contributed by atoms with van der Waals surface area (Å²) in [6.45, 7) is 3.86. The van der Waals surface area contributed by atoms with Crippen molar-refractivity contribution >= 4 is 34.4 Å². The highest BCUT2D eigenvalue weighted by molar-refractivity contribution is 6.02. The van der Waals surface area contributed by atoms with E-state index in [2.05, 4.69) is 20.6 Å². The van der Waals surface area contributed by atoms with Crippen LogP contribution in [0.1, 0.15) is 29.9 Å². The molecule has 0 saturated carbocycles. The van der Waals surface area contributed by atoms with Gasteiger partial charge in [0.25, 0.3) is 5.91 Å². The number of hydrogen-bond donors (Lipinski definition) is 3. The SMILES string of the molecule is CC(=O)NCCNc1nc(-c2ccccc2)nc2[nH]c(C(=O)N3C=CC(C(C)=O)(c4ccccc4)C=C3)cc12. The van der Waals surface area contributed by atoms with Crippen molar-refractivity contribution in [3.05, 3.63) is 103 Å². The van der Waals surface area contributed by atoms with Gasteiger partial charge in [-0.3, -0.25) is 19.3 Å². The molecule has 0 saturated heterocycles. The molecule has 39 heavy (non-hydrogen) atoms. The Bertz CT molecular complexity index is 1580. The fraction of sp³-hybridized carbons (Fsp3) is 0.167. The molecular weight excluding hydrogens is 492 g/mol. The maximum atomic E-state index is 13.5. The summed E-state index contributed by atoms with van der Waals surface area (Å²) in [5, 5.41) is 6.65. The van der Waals surface area contributed by atoms with E-state index in [9.17, 15) is 14.4 Å². The number of nitrogens with one attached hydrogen (secondary N) is 3. The van der Waals surface area contributed by atoms with E-state index < -0.39 is 5.41 Å². The summed E-state index contributed by atoms with van der Waals surface area (Å²) < 4.78 is 0. The molecule has 0 fully saturated rings. The predicted octanol–water partition coefficient (Wildman–Crippen LogP) is 4.18. The monoisotopic (exact) mass is 520 g/mol. The van der Waals surface area contributed by atoms with E-state index in [0.717, 1.165) is 11.1 Å². The number of aromatic amines is 1. The Morgan fingerprint density at radius 3 is 2.21 bits per heavy atom. The van der Waals surface area contributed by atoms with Crippen LogP contribution in [0.2, 0.25) is 0 Å². The van der Waals surface area contributed by atoms with E-state index >= 15 is 0 Å². The van der Waals surface area contributed by atoms with Crippen molar-refractivity contribution in [2.24, 2.45) is 0 Å². The number of hydrogen-bond acceptors (Lipinski definition) is 6. The molecule has 0 radical (unpaired) electrons. The lowest BCUT2D eigenvalue weighted by molar-refractivity contribution is -0.120. The normalized spacial score (nSPS) is 13.8. The van der Waals surface area contributed by atoms with Gasteiger partial charge in [-0.15, -0.1) is 0 Å². The van der Waals surface area contributed by atoms with Gasteiger partial charge in [0, 0.05) is 38.0 Å². The number of nitrogens with zero attached hydrogens (tertiary/aromatic N) is 3. The van der Waals surface area contributed by atoms with Crippen molar-refractivity contribution < 1.29 is 14.4 Å². The summed E-state index contributed by atoms with van der Waals surface area (Å²) in [4.78, 5) is 51.3. The number of aromatic nitrogens is 3. The number of carbonyl (C=O) groups excluding carboxylic acids is 3. The number of Topliss-reactive ketones (excluding diaryl/α,β-unsaturated/α-hetero) is 1. The zero-order chi connectivity index (χ0) is 27.4. The number of benzene rings is 2. The lowest BCUT2D eigenvalue weighted by Gasteiger charge is -2.30. The van der Waals surface area contributed by atoms with E-state index in [1.165, 1.54) is 11.8 Å². The average Bonchev–Trinajstić information content (AvgIpc) is 3.40. The maximum absolute atomic E-state index is 13.5. The number of anilines is 1. The summed E-state index contributed by atoms with van der Waals surface area (Å²) >= 11 is 0. The minimum Gasteiger partial charge on any atom is -0.368 e. The third kappa shape index (κ3) is 5.19. The molecule has 1 aliphatic heterocycles. The molecule has 9 nitrogen and oxygen atoms in total. The Morgan fingerprint density at radius 2 is 1.56 bits per heavy atom. The first kappa shape index (κ1) is 25.6. The Kier molecular flexibility index (Phi) is 7.05. The summed E-state index contributed by atoms with van der Waals surface area (Å²) in [5.41, 5.74) is 1.55. The molecule has 2 aromatic heterocycles. The zero-order valence-electron chi connectivity index (χ0n) is 21.6. The zero-order valence-corrected chi connectivity index (χ0v) is 21.6. The van der Waals surface area contributed by atoms with E-state index in [-0.39, 0.29) is 17.6 Å². The topological polar surface area (TPSA) is 120 Å². The van der Waals surface area contributed by atoms with Crippen LogP contribution in [0.25, 0.3) is 22.4 Å². The second-order valence-electron chi connectivity index (χ2n) is 9.25. The molecule has 0 atom stereocenters. The fourth-order valence-electron chi connectivity index (χ4n) is 4.51. The smallest absolute Gasteiger partial charge is 0.278 e. The third-order valence-electron chi connectivity index (χ3n) is 6.61. The molecule has 2 aromatic carbocycles. The van der Waals surface area contributed by atoms with Crippen molar-refractivity contribution in [2.75, 3.05) is 18.4 Å². The van der Waals surface area contributed by atoms with Gasteiger partial charge in [0.05, 0.1) is 10.8 Å². The van der Waals surface area contributed by atoms with Crippen molar-refractivity contribution in [3.8, 4) is 11.4 Å². The van der Waals surface area contributed by atoms with Gasteiger partial charge in [0.15, 0.2) is 5.82 Å². The number of rotatable bonds is 8. The lowest BCUT2D eigenvalue weighted by atomic mass is 9.76. The van der Waals surface area contributed by atoms with Gasteiger partial charge < -0.3 is 15.6 Å². The number of allylic oxidation sites excluding steroid dienone is 2. The van der Waals surface area contributed by atoms with Crippen LogP contribution in [-0.4, -0.2) is 50.5 Å². The minimum absolute atomic E-state index is 0.0439. The highest BCUT2D eigenvalue weighted by Crippen LogP contribution is 2.33. The molecule has 0 aliphatic carbocycles. The number of ketones is 1. The van der Waals surface area contributed by atoms with E-state index in [1.54, 1.807) is 37.5 Å². The molecule has 0 unspecified atom stereocenters. The predicted molar refractivity (Wildman–Crippen MR) is 150 cm³/mol. The maximum Gasteiger partial charge on any atom is 0.278 e. The molecule has 0 bridgehead atoms. The molecule has 1 aliphatic rings. The van der Waals surface area contributed by atoms with Gasteiger partial charge in [-0.1, -0.05) is 60.7 Å². The Balaban J connectivity index is 1.46. The van der Waals surface area contributed by atoms with Crippen LogP contribution in [0.4, 0.5) is 5.82 Å². The van der Waals surface area contributed by atoms with Crippen molar-refractivity contribution in [2.45, 2.75) is 19.3 Å². The van der Waals surface area contributed by atoms with E-state index in [1.807, 2.05) is 60.7 Å². The number of carbonyl (C=O) groups is 3. The highest BCUT2D eigenvalue weighted by atomic mass is 16.2. The molecule has 4 aromatic rings. The quantitative estimate of drug-likeness (QED) is 0.300. The Labute approximate surface area is 225 Å². The summed E-state index contributed by atoms with van der Waals surface area (Å²) in [6.07, 6.45) is 6.73. The van der Waals surface area contributed by atoms with Crippen molar-refractivity contribution in [3.63, 3.8) is 0 Å².